The Morgan fingerprint density at radius 3 is 2.47 bits per heavy atom. The monoisotopic (exact) mass is 265 g/mol. The Hall–Kier alpha value is -1.55. The van der Waals surface area contributed by atoms with E-state index in [0.717, 1.165) is 5.56 Å². The fourth-order valence-corrected chi connectivity index (χ4v) is 2.37. The molecule has 19 heavy (non-hydrogen) atoms. The summed E-state index contributed by atoms with van der Waals surface area (Å²) in [6.07, 6.45) is 0. The second kappa shape index (κ2) is 6.57. The number of carboxylic acid groups (broad SMARTS) is 1. The van der Waals surface area contributed by atoms with Crippen molar-refractivity contribution in [3.63, 3.8) is 0 Å². The van der Waals surface area contributed by atoms with Crippen LogP contribution in [-0.2, 0) is 4.79 Å². The van der Waals surface area contributed by atoms with Crippen LogP contribution in [0.1, 0.15) is 37.9 Å². The third-order valence-corrected chi connectivity index (χ3v) is 3.27. The van der Waals surface area contributed by atoms with Gasteiger partial charge in [0.25, 0.3) is 0 Å². The number of benzene rings is 1. The highest BCUT2D eigenvalue weighted by Gasteiger charge is 2.30. The van der Waals surface area contributed by atoms with E-state index in [1.165, 1.54) is 0 Å². The van der Waals surface area contributed by atoms with Gasteiger partial charge in [-0.1, -0.05) is 24.6 Å². The minimum absolute atomic E-state index is 0.149. The van der Waals surface area contributed by atoms with Crippen molar-refractivity contribution in [2.24, 2.45) is 0 Å². The van der Waals surface area contributed by atoms with Crippen LogP contribution >= 0.6 is 0 Å². The van der Waals surface area contributed by atoms with Crippen molar-refractivity contribution < 1.29 is 14.6 Å². The molecule has 0 aliphatic carbocycles. The van der Waals surface area contributed by atoms with Crippen molar-refractivity contribution >= 4 is 5.97 Å². The van der Waals surface area contributed by atoms with Crippen molar-refractivity contribution in [1.29, 1.82) is 0 Å². The Bertz CT molecular complexity index is 443. The highest BCUT2D eigenvalue weighted by molar-refractivity contribution is 5.77. The van der Waals surface area contributed by atoms with Gasteiger partial charge >= 0.3 is 5.97 Å². The summed E-state index contributed by atoms with van der Waals surface area (Å²) in [5, 5.41) is 9.59. The molecule has 4 heteroatoms. The maximum Gasteiger partial charge on any atom is 0.325 e. The summed E-state index contributed by atoms with van der Waals surface area (Å²) in [7, 11) is 1.57. The highest BCUT2D eigenvalue weighted by atomic mass is 16.5. The second-order valence-electron chi connectivity index (χ2n) is 4.91. The molecule has 0 heterocycles. The van der Waals surface area contributed by atoms with Gasteiger partial charge in [-0.15, -0.1) is 0 Å². The van der Waals surface area contributed by atoms with Gasteiger partial charge in [0.2, 0.25) is 0 Å². The van der Waals surface area contributed by atoms with E-state index in [4.69, 9.17) is 4.74 Å². The number of carbonyl (C=O) groups is 1. The Morgan fingerprint density at radius 2 is 2.05 bits per heavy atom. The molecule has 0 amide bonds. The largest absolute Gasteiger partial charge is 0.496 e. The summed E-state index contributed by atoms with van der Waals surface area (Å²) >= 11 is 0. The molecule has 0 radical (unpaired) electrons. The third kappa shape index (κ3) is 3.47. The number of aliphatic carboxylic acids is 1. The smallest absolute Gasteiger partial charge is 0.325 e. The lowest BCUT2D eigenvalue weighted by molar-refractivity contribution is -0.144. The van der Waals surface area contributed by atoms with Crippen LogP contribution in [0.2, 0.25) is 0 Å². The molecule has 0 aliphatic heterocycles. The van der Waals surface area contributed by atoms with Crippen LogP contribution in [0.5, 0.6) is 5.75 Å². The Morgan fingerprint density at radius 1 is 1.42 bits per heavy atom. The average Bonchev–Trinajstić information content (AvgIpc) is 2.34. The minimum Gasteiger partial charge on any atom is -0.496 e. The molecule has 0 spiro atoms. The minimum atomic E-state index is -0.848. The first-order valence-corrected chi connectivity index (χ1v) is 6.55. The summed E-state index contributed by atoms with van der Waals surface area (Å²) in [4.78, 5) is 13.6. The summed E-state index contributed by atoms with van der Waals surface area (Å²) in [5.74, 6) is -0.225. The predicted octanol–water partition coefficient (Wildman–Crippen LogP) is 2.86. The normalized spacial score (nSPS) is 12.8. The van der Waals surface area contributed by atoms with Crippen molar-refractivity contribution in [2.45, 2.75) is 39.8 Å². The topological polar surface area (TPSA) is 49.8 Å². The molecule has 0 saturated carbocycles. The van der Waals surface area contributed by atoms with Gasteiger partial charge in [-0.3, -0.25) is 9.69 Å². The first-order valence-electron chi connectivity index (χ1n) is 6.55. The Balaban J connectivity index is 3.33. The first-order chi connectivity index (χ1) is 8.92. The molecule has 1 rings (SSSR count). The van der Waals surface area contributed by atoms with Crippen LogP contribution in [0.25, 0.3) is 0 Å². The van der Waals surface area contributed by atoms with Crippen LogP contribution < -0.4 is 4.74 Å². The molecule has 0 aromatic heterocycles. The van der Waals surface area contributed by atoms with E-state index < -0.39 is 12.0 Å². The van der Waals surface area contributed by atoms with Gasteiger partial charge < -0.3 is 9.84 Å². The van der Waals surface area contributed by atoms with Crippen LogP contribution in [0.3, 0.4) is 0 Å². The summed E-state index contributed by atoms with van der Waals surface area (Å²) in [6, 6.07) is 5.11. The molecule has 4 nitrogen and oxygen atoms in total. The number of aryl methyl sites for hydroxylation is 1. The van der Waals surface area contributed by atoms with Gasteiger partial charge in [-0.05, 0) is 33.4 Å². The molecule has 0 bridgehead atoms. The number of hydrogen-bond donors (Lipinski definition) is 1. The lowest BCUT2D eigenvalue weighted by atomic mass is 10.0. The summed E-state index contributed by atoms with van der Waals surface area (Å²) in [5.41, 5.74) is 1.74. The lowest BCUT2D eigenvalue weighted by Crippen LogP contribution is -2.39. The molecular weight excluding hydrogens is 242 g/mol. The quantitative estimate of drug-likeness (QED) is 0.859. The van der Waals surface area contributed by atoms with Crippen LogP contribution in [0.4, 0.5) is 0 Å². The van der Waals surface area contributed by atoms with Crippen molar-refractivity contribution in [3.05, 3.63) is 29.3 Å². The van der Waals surface area contributed by atoms with Gasteiger partial charge in [0.05, 0.1) is 7.11 Å². The zero-order valence-electron chi connectivity index (χ0n) is 12.3. The number of methoxy groups -OCH3 is 1. The van der Waals surface area contributed by atoms with E-state index >= 15 is 0 Å². The fraction of sp³-hybridized carbons (Fsp3) is 0.533. The third-order valence-electron chi connectivity index (χ3n) is 3.27. The van der Waals surface area contributed by atoms with E-state index in [2.05, 4.69) is 0 Å². The van der Waals surface area contributed by atoms with E-state index in [0.29, 0.717) is 17.9 Å². The second-order valence-corrected chi connectivity index (χ2v) is 4.91. The van der Waals surface area contributed by atoms with E-state index in [9.17, 15) is 9.90 Å². The number of carboxylic acids is 1. The number of ether oxygens (including phenoxy) is 1. The van der Waals surface area contributed by atoms with Gasteiger partial charge in [0.15, 0.2) is 0 Å². The molecule has 1 atom stereocenters. The molecule has 0 fully saturated rings. The zero-order valence-corrected chi connectivity index (χ0v) is 12.3. The molecule has 1 N–H and O–H groups in total. The van der Waals surface area contributed by atoms with Crippen molar-refractivity contribution in [2.75, 3.05) is 13.7 Å². The van der Waals surface area contributed by atoms with E-state index in [1.807, 2.05) is 50.8 Å². The number of rotatable bonds is 6. The average molecular weight is 265 g/mol. The van der Waals surface area contributed by atoms with Crippen LogP contribution in [-0.4, -0.2) is 35.7 Å². The number of likely N-dealkylation sites (N-methyl/N-ethyl adjacent to an activating group) is 1. The summed E-state index contributed by atoms with van der Waals surface area (Å²) in [6.45, 7) is 8.60. The van der Waals surface area contributed by atoms with Gasteiger partial charge in [0, 0.05) is 11.6 Å². The van der Waals surface area contributed by atoms with Gasteiger partial charge in [0.1, 0.15) is 11.8 Å². The van der Waals surface area contributed by atoms with Crippen molar-refractivity contribution in [1.82, 2.24) is 4.90 Å². The fourth-order valence-electron chi connectivity index (χ4n) is 2.37. The Labute approximate surface area is 115 Å². The number of nitrogens with zero attached hydrogens (tertiary/aromatic N) is 1. The standard InChI is InChI=1S/C15H23NO3/c1-6-16(10(2)3)14(15(17)18)12-9-11(4)7-8-13(12)19-5/h7-10,14H,6H2,1-5H3,(H,17,18). The van der Waals surface area contributed by atoms with Crippen LogP contribution in [0, 0.1) is 6.92 Å². The van der Waals surface area contributed by atoms with E-state index in [1.54, 1.807) is 7.11 Å². The Kier molecular flexibility index (Phi) is 5.36. The first kappa shape index (κ1) is 15.5. The summed E-state index contributed by atoms with van der Waals surface area (Å²) < 4.78 is 5.32. The molecule has 1 aromatic carbocycles. The van der Waals surface area contributed by atoms with E-state index in [-0.39, 0.29) is 6.04 Å². The zero-order chi connectivity index (χ0) is 14.6. The lowest BCUT2D eigenvalue weighted by Gasteiger charge is -2.32. The maximum atomic E-state index is 11.7. The molecule has 1 aromatic rings. The van der Waals surface area contributed by atoms with Gasteiger partial charge in [-0.25, -0.2) is 0 Å². The van der Waals surface area contributed by atoms with Crippen molar-refractivity contribution in [3.8, 4) is 5.75 Å². The van der Waals surface area contributed by atoms with Gasteiger partial charge in [-0.2, -0.15) is 0 Å². The van der Waals surface area contributed by atoms with Crippen LogP contribution in [0.15, 0.2) is 18.2 Å². The molecular formula is C15H23NO3. The highest BCUT2D eigenvalue weighted by Crippen LogP contribution is 2.31. The number of hydrogen-bond acceptors (Lipinski definition) is 3. The molecule has 1 unspecified atom stereocenters. The molecule has 0 saturated heterocycles. The molecule has 106 valence electrons. The maximum absolute atomic E-state index is 11.7. The SMILES string of the molecule is CCN(C(C)C)C(C(=O)O)c1cc(C)ccc1OC. The molecule has 0 aliphatic rings. The predicted molar refractivity (Wildman–Crippen MR) is 75.6 cm³/mol.